The molecule has 1 aromatic rings. The SMILES string of the molecule is CCN(CC)CC(C)Nc1snc(N)c1C(=O)NC1CC1. The van der Waals surface area contributed by atoms with Crippen molar-refractivity contribution in [2.75, 3.05) is 30.7 Å². The van der Waals surface area contributed by atoms with Crippen molar-refractivity contribution in [1.82, 2.24) is 14.6 Å². The van der Waals surface area contributed by atoms with Crippen molar-refractivity contribution in [1.29, 1.82) is 0 Å². The van der Waals surface area contributed by atoms with Crippen LogP contribution in [0, 0.1) is 0 Å². The van der Waals surface area contributed by atoms with Crippen molar-refractivity contribution in [3.8, 4) is 0 Å². The van der Waals surface area contributed by atoms with Gasteiger partial charge in [0.1, 0.15) is 10.6 Å². The first kappa shape index (κ1) is 16.0. The number of hydrogen-bond acceptors (Lipinski definition) is 6. The molecule has 0 aromatic carbocycles. The molecule has 0 aliphatic heterocycles. The molecule has 1 aliphatic carbocycles. The Morgan fingerprint density at radius 1 is 1.48 bits per heavy atom. The van der Waals surface area contributed by atoms with Crippen LogP contribution in [0.15, 0.2) is 0 Å². The Labute approximate surface area is 130 Å². The molecule has 1 atom stereocenters. The predicted octanol–water partition coefficient (Wildman–Crippen LogP) is 1.76. The summed E-state index contributed by atoms with van der Waals surface area (Å²) in [6, 6.07) is 0.551. The molecule has 0 saturated heterocycles. The summed E-state index contributed by atoms with van der Waals surface area (Å²) in [6.07, 6.45) is 2.12. The van der Waals surface area contributed by atoms with Gasteiger partial charge in [-0.3, -0.25) is 4.79 Å². The van der Waals surface area contributed by atoms with E-state index in [-0.39, 0.29) is 11.9 Å². The Hall–Kier alpha value is -1.34. The third kappa shape index (κ3) is 4.31. The Kier molecular flexibility index (Phi) is 5.41. The number of carbonyl (C=O) groups is 1. The first-order valence-electron chi connectivity index (χ1n) is 7.60. The number of nitrogens with zero attached hydrogens (tertiary/aromatic N) is 2. The van der Waals surface area contributed by atoms with Gasteiger partial charge in [0.05, 0.1) is 0 Å². The number of nitrogens with one attached hydrogen (secondary N) is 2. The van der Waals surface area contributed by atoms with Gasteiger partial charge in [-0.1, -0.05) is 13.8 Å². The van der Waals surface area contributed by atoms with Gasteiger partial charge in [-0.15, -0.1) is 0 Å². The lowest BCUT2D eigenvalue weighted by atomic mass is 10.2. The van der Waals surface area contributed by atoms with E-state index in [4.69, 9.17) is 5.73 Å². The number of aromatic nitrogens is 1. The van der Waals surface area contributed by atoms with E-state index >= 15 is 0 Å². The summed E-state index contributed by atoms with van der Waals surface area (Å²) in [5.74, 6) is 0.206. The molecule has 21 heavy (non-hydrogen) atoms. The van der Waals surface area contributed by atoms with E-state index in [1.807, 2.05) is 0 Å². The Bertz CT molecular complexity index is 482. The van der Waals surface area contributed by atoms with E-state index in [0.717, 1.165) is 37.5 Å². The van der Waals surface area contributed by atoms with Gasteiger partial charge in [-0.05, 0) is 44.4 Å². The maximum atomic E-state index is 12.2. The zero-order valence-electron chi connectivity index (χ0n) is 13.0. The standard InChI is InChI=1S/C14H25N5OS/c1-4-19(5-2)8-9(3)16-14-11(12(15)18-21-14)13(20)17-10-6-7-10/h9-10,16H,4-8H2,1-3H3,(H2,15,18)(H,17,20). The number of rotatable bonds is 8. The highest BCUT2D eigenvalue weighted by molar-refractivity contribution is 7.11. The molecule has 2 rings (SSSR count). The largest absolute Gasteiger partial charge is 0.382 e. The molecule has 1 fully saturated rings. The van der Waals surface area contributed by atoms with E-state index in [1.54, 1.807) is 0 Å². The summed E-state index contributed by atoms with van der Waals surface area (Å²) in [7, 11) is 0. The van der Waals surface area contributed by atoms with Gasteiger partial charge in [-0.2, -0.15) is 4.37 Å². The second-order valence-electron chi connectivity index (χ2n) is 5.55. The van der Waals surface area contributed by atoms with Crippen LogP contribution in [0.5, 0.6) is 0 Å². The van der Waals surface area contributed by atoms with Gasteiger partial charge in [-0.25, -0.2) is 0 Å². The van der Waals surface area contributed by atoms with Crippen molar-refractivity contribution >= 4 is 28.3 Å². The lowest BCUT2D eigenvalue weighted by molar-refractivity contribution is 0.0953. The topological polar surface area (TPSA) is 83.3 Å². The summed E-state index contributed by atoms with van der Waals surface area (Å²) in [5, 5.41) is 7.12. The number of hydrogen-bond donors (Lipinski definition) is 3. The molecular weight excluding hydrogens is 286 g/mol. The van der Waals surface area contributed by atoms with Crippen molar-refractivity contribution in [2.24, 2.45) is 0 Å². The molecule has 7 heteroatoms. The third-order valence-corrected chi connectivity index (χ3v) is 4.45. The second-order valence-corrected chi connectivity index (χ2v) is 6.32. The molecule has 118 valence electrons. The van der Waals surface area contributed by atoms with Crippen molar-refractivity contribution < 1.29 is 4.79 Å². The van der Waals surface area contributed by atoms with Crippen LogP contribution in [-0.4, -0.2) is 46.9 Å². The normalized spacial score (nSPS) is 16.0. The van der Waals surface area contributed by atoms with E-state index in [0.29, 0.717) is 17.4 Å². The van der Waals surface area contributed by atoms with Crippen LogP contribution in [0.2, 0.25) is 0 Å². The summed E-state index contributed by atoms with van der Waals surface area (Å²) in [5.41, 5.74) is 6.35. The molecule has 1 aliphatic rings. The number of nitrogens with two attached hydrogens (primary N) is 1. The molecular formula is C14H25N5OS. The van der Waals surface area contributed by atoms with Crippen LogP contribution in [0.3, 0.4) is 0 Å². The second kappa shape index (κ2) is 7.09. The highest BCUT2D eigenvalue weighted by atomic mass is 32.1. The minimum atomic E-state index is -0.110. The minimum absolute atomic E-state index is 0.110. The minimum Gasteiger partial charge on any atom is -0.382 e. The number of amides is 1. The fourth-order valence-corrected chi connectivity index (χ4v) is 3.07. The van der Waals surface area contributed by atoms with Gasteiger partial charge < -0.3 is 21.3 Å². The average Bonchev–Trinajstić information content (AvgIpc) is 3.19. The molecule has 6 nitrogen and oxygen atoms in total. The lowest BCUT2D eigenvalue weighted by Gasteiger charge is -2.23. The zero-order chi connectivity index (χ0) is 15.4. The zero-order valence-corrected chi connectivity index (χ0v) is 13.8. The van der Waals surface area contributed by atoms with Gasteiger partial charge in [0, 0.05) is 18.6 Å². The summed E-state index contributed by atoms with van der Waals surface area (Å²) in [6.45, 7) is 9.36. The van der Waals surface area contributed by atoms with Crippen LogP contribution < -0.4 is 16.4 Å². The average molecular weight is 311 g/mol. The van der Waals surface area contributed by atoms with Crippen LogP contribution in [-0.2, 0) is 0 Å². The van der Waals surface area contributed by atoms with Crippen LogP contribution >= 0.6 is 11.5 Å². The molecule has 1 saturated carbocycles. The van der Waals surface area contributed by atoms with Crippen molar-refractivity contribution in [2.45, 2.75) is 45.7 Å². The maximum Gasteiger partial charge on any atom is 0.258 e. The monoisotopic (exact) mass is 311 g/mol. The Morgan fingerprint density at radius 2 is 2.14 bits per heavy atom. The fourth-order valence-electron chi connectivity index (χ4n) is 2.24. The van der Waals surface area contributed by atoms with Gasteiger partial charge in [0.15, 0.2) is 5.82 Å². The van der Waals surface area contributed by atoms with Crippen LogP contribution in [0.1, 0.15) is 44.0 Å². The van der Waals surface area contributed by atoms with E-state index in [9.17, 15) is 4.79 Å². The first-order chi connectivity index (χ1) is 10.0. The quantitative estimate of drug-likeness (QED) is 0.681. The van der Waals surface area contributed by atoms with E-state index in [1.165, 1.54) is 11.5 Å². The fraction of sp³-hybridized carbons (Fsp3) is 0.714. The molecule has 0 radical (unpaired) electrons. The molecule has 0 spiro atoms. The summed E-state index contributed by atoms with van der Waals surface area (Å²) < 4.78 is 4.12. The van der Waals surface area contributed by atoms with E-state index in [2.05, 4.69) is 40.7 Å². The lowest BCUT2D eigenvalue weighted by Crippen LogP contribution is -2.35. The van der Waals surface area contributed by atoms with Crippen LogP contribution in [0.25, 0.3) is 0 Å². The molecule has 4 N–H and O–H groups in total. The van der Waals surface area contributed by atoms with Gasteiger partial charge >= 0.3 is 0 Å². The molecule has 1 aromatic heterocycles. The summed E-state index contributed by atoms with van der Waals surface area (Å²) >= 11 is 1.26. The Balaban J connectivity index is 2.00. The molecule has 1 heterocycles. The summed E-state index contributed by atoms with van der Waals surface area (Å²) in [4.78, 5) is 14.6. The molecule has 1 amide bonds. The smallest absolute Gasteiger partial charge is 0.258 e. The molecule has 1 unspecified atom stereocenters. The Morgan fingerprint density at radius 3 is 2.71 bits per heavy atom. The van der Waals surface area contributed by atoms with Gasteiger partial charge in [0.25, 0.3) is 5.91 Å². The number of anilines is 2. The predicted molar refractivity (Wildman–Crippen MR) is 87.9 cm³/mol. The number of nitrogen functional groups attached to an aromatic ring is 1. The highest BCUT2D eigenvalue weighted by Crippen LogP contribution is 2.29. The van der Waals surface area contributed by atoms with Crippen molar-refractivity contribution in [3.05, 3.63) is 5.56 Å². The number of carbonyl (C=O) groups excluding carboxylic acids is 1. The van der Waals surface area contributed by atoms with Gasteiger partial charge in [0.2, 0.25) is 0 Å². The number of likely N-dealkylation sites (N-methyl/N-ethyl adjacent to an activating group) is 1. The maximum absolute atomic E-state index is 12.2. The first-order valence-corrected chi connectivity index (χ1v) is 8.37. The highest BCUT2D eigenvalue weighted by Gasteiger charge is 2.27. The third-order valence-electron chi connectivity index (χ3n) is 3.66. The van der Waals surface area contributed by atoms with Crippen molar-refractivity contribution in [3.63, 3.8) is 0 Å². The molecule has 0 bridgehead atoms. The van der Waals surface area contributed by atoms with E-state index < -0.39 is 0 Å². The van der Waals surface area contributed by atoms with Crippen LogP contribution in [0.4, 0.5) is 10.8 Å².